The van der Waals surface area contributed by atoms with Crippen LogP contribution in [-0.4, -0.2) is 19.0 Å². The molecular formula is C14H18O2. The molecule has 1 fully saturated rings. The van der Waals surface area contributed by atoms with Crippen LogP contribution in [0.2, 0.25) is 0 Å². The Bertz CT molecular complexity index is 365. The number of benzene rings is 1. The highest BCUT2D eigenvalue weighted by Crippen LogP contribution is 2.20. The second kappa shape index (κ2) is 5.26. The number of hydrogen-bond donors (Lipinski definition) is 0. The van der Waals surface area contributed by atoms with Crippen LogP contribution in [0.4, 0.5) is 0 Å². The second-order valence-electron chi connectivity index (χ2n) is 4.30. The van der Waals surface area contributed by atoms with Crippen LogP contribution in [0.3, 0.4) is 0 Å². The van der Waals surface area contributed by atoms with Gasteiger partial charge in [-0.05, 0) is 30.9 Å². The fraction of sp³-hybridized carbons (Fsp3) is 0.500. The molecule has 86 valence electrons. The molecule has 0 saturated carbocycles. The molecule has 1 heterocycles. The van der Waals surface area contributed by atoms with Gasteiger partial charge in [-0.1, -0.05) is 25.1 Å². The van der Waals surface area contributed by atoms with Crippen molar-refractivity contribution in [1.29, 1.82) is 0 Å². The molecule has 2 nitrogen and oxygen atoms in total. The van der Waals surface area contributed by atoms with Crippen LogP contribution in [0.15, 0.2) is 24.3 Å². The minimum atomic E-state index is 0.167. The van der Waals surface area contributed by atoms with E-state index in [9.17, 15) is 4.79 Å². The zero-order valence-corrected chi connectivity index (χ0v) is 9.74. The van der Waals surface area contributed by atoms with Gasteiger partial charge in [-0.3, -0.25) is 4.79 Å². The van der Waals surface area contributed by atoms with Gasteiger partial charge in [0.2, 0.25) is 0 Å². The van der Waals surface area contributed by atoms with Gasteiger partial charge in [0, 0.05) is 24.7 Å². The van der Waals surface area contributed by atoms with Crippen LogP contribution in [0.25, 0.3) is 0 Å². The Hall–Kier alpha value is -1.15. The van der Waals surface area contributed by atoms with E-state index in [2.05, 4.69) is 13.0 Å². The van der Waals surface area contributed by atoms with Crippen molar-refractivity contribution in [2.24, 2.45) is 5.92 Å². The van der Waals surface area contributed by atoms with Crippen LogP contribution in [0.1, 0.15) is 35.7 Å². The Balaban J connectivity index is 2.12. The van der Waals surface area contributed by atoms with Crippen molar-refractivity contribution in [2.75, 3.05) is 13.2 Å². The van der Waals surface area contributed by atoms with Crippen molar-refractivity contribution in [3.8, 4) is 0 Å². The third-order valence-electron chi connectivity index (χ3n) is 3.21. The zero-order chi connectivity index (χ0) is 11.4. The summed E-state index contributed by atoms with van der Waals surface area (Å²) in [5.41, 5.74) is 2.10. The zero-order valence-electron chi connectivity index (χ0n) is 9.74. The number of carbonyl (C=O) groups excluding carboxylic acids is 1. The fourth-order valence-electron chi connectivity index (χ4n) is 2.14. The van der Waals surface area contributed by atoms with Gasteiger partial charge in [0.15, 0.2) is 5.78 Å². The quantitative estimate of drug-likeness (QED) is 0.729. The number of ketones is 1. The van der Waals surface area contributed by atoms with Gasteiger partial charge in [-0.15, -0.1) is 0 Å². The predicted octanol–water partition coefficient (Wildman–Crippen LogP) is 2.86. The second-order valence-corrected chi connectivity index (χ2v) is 4.30. The molecule has 0 spiro atoms. The summed E-state index contributed by atoms with van der Waals surface area (Å²) < 4.78 is 5.28. The van der Waals surface area contributed by atoms with Crippen LogP contribution < -0.4 is 0 Å². The van der Waals surface area contributed by atoms with Crippen LogP contribution in [0, 0.1) is 5.92 Å². The number of ether oxygens (including phenoxy) is 1. The van der Waals surface area contributed by atoms with Crippen molar-refractivity contribution >= 4 is 5.78 Å². The standard InChI is InChI=1S/C14H18O2/c1-2-11-4-3-5-13(10-11)14(15)12-6-8-16-9-7-12/h3-5,10,12H,2,6-9H2,1H3. The Morgan fingerprint density at radius 3 is 2.81 bits per heavy atom. The average Bonchev–Trinajstić information content (AvgIpc) is 2.39. The lowest BCUT2D eigenvalue weighted by atomic mass is 9.90. The van der Waals surface area contributed by atoms with Crippen molar-refractivity contribution in [3.63, 3.8) is 0 Å². The summed E-state index contributed by atoms with van der Waals surface area (Å²) in [4.78, 5) is 12.2. The van der Waals surface area contributed by atoms with Gasteiger partial charge >= 0.3 is 0 Å². The van der Waals surface area contributed by atoms with E-state index < -0.39 is 0 Å². The first kappa shape index (κ1) is 11.3. The summed E-state index contributed by atoms with van der Waals surface area (Å²) in [5.74, 6) is 0.458. The molecule has 1 aliphatic heterocycles. The smallest absolute Gasteiger partial charge is 0.166 e. The van der Waals surface area contributed by atoms with Gasteiger partial charge < -0.3 is 4.74 Å². The molecule has 2 rings (SSSR count). The van der Waals surface area contributed by atoms with E-state index in [4.69, 9.17) is 4.74 Å². The monoisotopic (exact) mass is 218 g/mol. The molecule has 1 aromatic carbocycles. The number of aryl methyl sites for hydroxylation is 1. The Morgan fingerprint density at radius 1 is 1.38 bits per heavy atom. The summed E-state index contributed by atoms with van der Waals surface area (Å²) in [5, 5.41) is 0. The van der Waals surface area contributed by atoms with Gasteiger partial charge in [0.1, 0.15) is 0 Å². The molecule has 16 heavy (non-hydrogen) atoms. The van der Waals surface area contributed by atoms with E-state index in [1.54, 1.807) is 0 Å². The molecule has 0 N–H and O–H groups in total. The van der Waals surface area contributed by atoms with Crippen LogP contribution >= 0.6 is 0 Å². The molecule has 1 aromatic rings. The molecule has 0 bridgehead atoms. The SMILES string of the molecule is CCc1cccc(C(=O)C2CCOCC2)c1. The maximum absolute atomic E-state index is 12.2. The molecule has 0 amide bonds. The maximum Gasteiger partial charge on any atom is 0.166 e. The number of hydrogen-bond acceptors (Lipinski definition) is 2. The highest BCUT2D eigenvalue weighted by molar-refractivity contribution is 5.98. The largest absolute Gasteiger partial charge is 0.381 e. The van der Waals surface area contributed by atoms with E-state index in [1.807, 2.05) is 18.2 Å². The fourth-order valence-corrected chi connectivity index (χ4v) is 2.14. The van der Waals surface area contributed by atoms with Crippen molar-refractivity contribution in [1.82, 2.24) is 0 Å². The van der Waals surface area contributed by atoms with Crippen LogP contribution in [0.5, 0.6) is 0 Å². The molecular weight excluding hydrogens is 200 g/mol. The number of rotatable bonds is 3. The lowest BCUT2D eigenvalue weighted by Gasteiger charge is -2.20. The molecule has 0 atom stereocenters. The summed E-state index contributed by atoms with van der Waals surface area (Å²) in [6.45, 7) is 3.56. The Kier molecular flexibility index (Phi) is 3.73. The first-order chi connectivity index (χ1) is 7.81. The Morgan fingerprint density at radius 2 is 2.12 bits per heavy atom. The van der Waals surface area contributed by atoms with E-state index in [0.29, 0.717) is 5.78 Å². The van der Waals surface area contributed by atoms with Crippen molar-refractivity contribution < 1.29 is 9.53 Å². The average molecular weight is 218 g/mol. The van der Waals surface area contributed by atoms with Crippen molar-refractivity contribution in [3.05, 3.63) is 35.4 Å². The normalized spacial score (nSPS) is 17.3. The maximum atomic E-state index is 12.2. The highest BCUT2D eigenvalue weighted by atomic mass is 16.5. The summed E-state index contributed by atoms with van der Waals surface area (Å²) in [6.07, 6.45) is 2.72. The van der Waals surface area contributed by atoms with Gasteiger partial charge in [0.25, 0.3) is 0 Å². The van der Waals surface area contributed by atoms with E-state index in [1.165, 1.54) is 5.56 Å². The minimum Gasteiger partial charge on any atom is -0.381 e. The first-order valence-electron chi connectivity index (χ1n) is 6.02. The summed E-state index contributed by atoms with van der Waals surface area (Å²) >= 11 is 0. The lowest BCUT2D eigenvalue weighted by molar-refractivity contribution is 0.0545. The topological polar surface area (TPSA) is 26.3 Å². The number of carbonyl (C=O) groups is 1. The molecule has 0 aromatic heterocycles. The lowest BCUT2D eigenvalue weighted by Crippen LogP contribution is -2.23. The summed E-state index contributed by atoms with van der Waals surface area (Å²) in [7, 11) is 0. The number of Topliss-reactive ketones (excluding diaryl/α,β-unsaturated/α-hetero) is 1. The van der Waals surface area contributed by atoms with E-state index in [0.717, 1.165) is 38.0 Å². The van der Waals surface area contributed by atoms with E-state index in [-0.39, 0.29) is 5.92 Å². The summed E-state index contributed by atoms with van der Waals surface area (Å²) in [6, 6.07) is 8.00. The Labute approximate surface area is 96.6 Å². The van der Waals surface area contributed by atoms with Gasteiger partial charge in [-0.2, -0.15) is 0 Å². The minimum absolute atomic E-state index is 0.167. The first-order valence-corrected chi connectivity index (χ1v) is 6.02. The van der Waals surface area contributed by atoms with Crippen molar-refractivity contribution in [2.45, 2.75) is 26.2 Å². The van der Waals surface area contributed by atoms with Gasteiger partial charge in [-0.25, -0.2) is 0 Å². The molecule has 0 radical (unpaired) electrons. The van der Waals surface area contributed by atoms with Gasteiger partial charge in [0.05, 0.1) is 0 Å². The third-order valence-corrected chi connectivity index (χ3v) is 3.21. The van der Waals surface area contributed by atoms with E-state index >= 15 is 0 Å². The predicted molar refractivity (Wildman–Crippen MR) is 63.7 cm³/mol. The van der Waals surface area contributed by atoms with Crippen LogP contribution in [-0.2, 0) is 11.2 Å². The molecule has 0 unspecified atom stereocenters. The molecule has 1 aliphatic rings. The third kappa shape index (κ3) is 2.50. The molecule has 1 saturated heterocycles. The molecule has 0 aliphatic carbocycles. The highest BCUT2D eigenvalue weighted by Gasteiger charge is 2.22. The molecule has 2 heteroatoms.